The molecule has 0 spiro atoms. The summed E-state index contributed by atoms with van der Waals surface area (Å²) in [5.74, 6) is -0.132. The number of aryl methyl sites for hydroxylation is 1. The van der Waals surface area contributed by atoms with Gasteiger partial charge in [-0.15, -0.1) is 11.6 Å². The second kappa shape index (κ2) is 7.03. The molecule has 0 bridgehead atoms. The van der Waals surface area contributed by atoms with Crippen molar-refractivity contribution in [2.24, 2.45) is 0 Å². The number of carbonyl (C=O) groups is 1. The third-order valence-corrected chi connectivity index (χ3v) is 2.83. The molecule has 4 heteroatoms. The zero-order valence-corrected chi connectivity index (χ0v) is 11.4. The molecule has 0 radical (unpaired) electrons. The van der Waals surface area contributed by atoms with Gasteiger partial charge in [0, 0.05) is 13.1 Å². The summed E-state index contributed by atoms with van der Waals surface area (Å²) in [6.45, 7) is 4.58. The third-order valence-electron chi connectivity index (χ3n) is 2.64. The van der Waals surface area contributed by atoms with Crippen molar-refractivity contribution in [3.8, 4) is 6.07 Å². The maximum absolute atomic E-state index is 11.9. The van der Waals surface area contributed by atoms with Crippen molar-refractivity contribution in [1.82, 2.24) is 4.90 Å². The fraction of sp³-hybridized carbons (Fsp3) is 0.429. The van der Waals surface area contributed by atoms with Gasteiger partial charge in [0.05, 0.1) is 12.5 Å². The maximum Gasteiger partial charge on any atom is 0.240 e. The summed E-state index contributed by atoms with van der Waals surface area (Å²) in [5, 5.41) is 8.06. The Labute approximate surface area is 113 Å². The van der Waals surface area contributed by atoms with Gasteiger partial charge in [-0.3, -0.25) is 4.79 Å². The number of hydrogen-bond donors (Lipinski definition) is 0. The van der Waals surface area contributed by atoms with E-state index in [1.807, 2.05) is 37.3 Å². The molecule has 1 aromatic rings. The van der Waals surface area contributed by atoms with E-state index < -0.39 is 5.38 Å². The van der Waals surface area contributed by atoms with Crippen LogP contribution in [0.15, 0.2) is 24.3 Å². The summed E-state index contributed by atoms with van der Waals surface area (Å²) in [6.07, 6.45) is 0.321. The number of nitriles is 1. The molecule has 0 aliphatic carbocycles. The van der Waals surface area contributed by atoms with Crippen molar-refractivity contribution >= 4 is 17.5 Å². The average molecular weight is 265 g/mol. The van der Waals surface area contributed by atoms with Crippen molar-refractivity contribution in [3.05, 3.63) is 35.4 Å². The highest BCUT2D eigenvalue weighted by Crippen LogP contribution is 2.10. The molecule has 1 atom stereocenters. The van der Waals surface area contributed by atoms with Crippen molar-refractivity contribution < 1.29 is 4.79 Å². The van der Waals surface area contributed by atoms with Crippen LogP contribution in [0.4, 0.5) is 0 Å². The topological polar surface area (TPSA) is 44.1 Å². The van der Waals surface area contributed by atoms with Crippen LogP contribution in [0.25, 0.3) is 0 Å². The van der Waals surface area contributed by atoms with Crippen LogP contribution < -0.4 is 0 Å². The van der Waals surface area contributed by atoms with Crippen molar-refractivity contribution in [2.45, 2.75) is 32.2 Å². The first-order valence-corrected chi connectivity index (χ1v) is 6.33. The van der Waals surface area contributed by atoms with Gasteiger partial charge in [-0.1, -0.05) is 29.8 Å². The Morgan fingerprint density at radius 1 is 1.44 bits per heavy atom. The number of amides is 1. The molecule has 0 N–H and O–H groups in total. The van der Waals surface area contributed by atoms with Gasteiger partial charge >= 0.3 is 0 Å². The van der Waals surface area contributed by atoms with Gasteiger partial charge in [0.2, 0.25) is 5.91 Å². The lowest BCUT2D eigenvalue weighted by Crippen LogP contribution is -2.35. The Morgan fingerprint density at radius 3 is 2.56 bits per heavy atom. The molecule has 0 saturated heterocycles. The van der Waals surface area contributed by atoms with Gasteiger partial charge in [0.25, 0.3) is 0 Å². The first-order chi connectivity index (χ1) is 8.54. The first-order valence-electron chi connectivity index (χ1n) is 5.90. The molecule has 0 aliphatic heterocycles. The van der Waals surface area contributed by atoms with Crippen LogP contribution in [0.5, 0.6) is 0 Å². The molecular formula is C14H17ClN2O. The normalized spacial score (nSPS) is 11.7. The number of rotatable bonds is 5. The fourth-order valence-corrected chi connectivity index (χ4v) is 1.76. The molecule has 0 fully saturated rings. The number of alkyl halides is 1. The summed E-state index contributed by atoms with van der Waals surface area (Å²) in [5.41, 5.74) is 2.23. The molecule has 1 amide bonds. The van der Waals surface area contributed by atoms with Crippen LogP contribution >= 0.6 is 11.6 Å². The highest BCUT2D eigenvalue weighted by Gasteiger charge is 2.18. The maximum atomic E-state index is 11.9. The number of carbonyl (C=O) groups excluding carboxylic acids is 1. The highest BCUT2D eigenvalue weighted by atomic mass is 35.5. The molecule has 0 aromatic heterocycles. The zero-order valence-electron chi connectivity index (χ0n) is 10.7. The van der Waals surface area contributed by atoms with E-state index >= 15 is 0 Å². The van der Waals surface area contributed by atoms with E-state index in [0.717, 1.165) is 5.56 Å². The molecule has 96 valence electrons. The minimum atomic E-state index is -0.561. The summed E-state index contributed by atoms with van der Waals surface area (Å²) in [4.78, 5) is 13.5. The molecule has 1 aromatic carbocycles. The standard InChI is InChI=1S/C14H17ClN2O/c1-11-4-6-13(7-5-11)10-17(9-3-8-16)14(18)12(2)15/h4-7,12H,3,9-10H2,1-2H3. The Morgan fingerprint density at radius 2 is 2.06 bits per heavy atom. The number of halogens is 1. The molecule has 0 heterocycles. The Hall–Kier alpha value is -1.53. The smallest absolute Gasteiger partial charge is 0.240 e. The van der Waals surface area contributed by atoms with E-state index in [1.54, 1.807) is 11.8 Å². The van der Waals surface area contributed by atoms with Crippen molar-refractivity contribution in [3.63, 3.8) is 0 Å². The van der Waals surface area contributed by atoms with E-state index in [9.17, 15) is 4.79 Å². The van der Waals surface area contributed by atoms with E-state index in [4.69, 9.17) is 16.9 Å². The van der Waals surface area contributed by atoms with Crippen LogP contribution in [0, 0.1) is 18.3 Å². The number of benzene rings is 1. The van der Waals surface area contributed by atoms with Gasteiger partial charge in [0.15, 0.2) is 0 Å². The lowest BCUT2D eigenvalue weighted by atomic mass is 10.1. The van der Waals surface area contributed by atoms with E-state index in [2.05, 4.69) is 0 Å². The summed E-state index contributed by atoms with van der Waals surface area (Å²) >= 11 is 5.82. The van der Waals surface area contributed by atoms with E-state index in [-0.39, 0.29) is 5.91 Å². The summed E-state index contributed by atoms with van der Waals surface area (Å²) in [6, 6.07) is 10.0. The number of nitrogens with zero attached hydrogens (tertiary/aromatic N) is 2. The van der Waals surface area contributed by atoms with Gasteiger partial charge in [-0.05, 0) is 19.4 Å². The Kier molecular flexibility index (Phi) is 5.67. The molecule has 0 aliphatic rings. The molecule has 1 rings (SSSR count). The first kappa shape index (κ1) is 14.5. The SMILES string of the molecule is Cc1ccc(CN(CCC#N)C(=O)C(C)Cl)cc1. The fourth-order valence-electron chi connectivity index (χ4n) is 1.62. The van der Waals surface area contributed by atoms with Crippen LogP contribution in [-0.2, 0) is 11.3 Å². The largest absolute Gasteiger partial charge is 0.336 e. The lowest BCUT2D eigenvalue weighted by molar-refractivity contribution is -0.131. The molecule has 18 heavy (non-hydrogen) atoms. The second-order valence-electron chi connectivity index (χ2n) is 4.27. The van der Waals surface area contributed by atoms with E-state index in [1.165, 1.54) is 5.56 Å². The molecule has 0 saturated carbocycles. The van der Waals surface area contributed by atoms with Crippen LogP contribution in [0.2, 0.25) is 0 Å². The van der Waals surface area contributed by atoms with Crippen LogP contribution in [-0.4, -0.2) is 22.7 Å². The van der Waals surface area contributed by atoms with Crippen LogP contribution in [0.1, 0.15) is 24.5 Å². The molecular weight excluding hydrogens is 248 g/mol. The van der Waals surface area contributed by atoms with Gasteiger partial charge < -0.3 is 4.90 Å². The predicted molar refractivity (Wildman–Crippen MR) is 72.1 cm³/mol. The van der Waals surface area contributed by atoms with Crippen molar-refractivity contribution in [2.75, 3.05) is 6.54 Å². The van der Waals surface area contributed by atoms with Crippen LogP contribution in [0.3, 0.4) is 0 Å². The average Bonchev–Trinajstić information content (AvgIpc) is 2.35. The van der Waals surface area contributed by atoms with Gasteiger partial charge in [-0.25, -0.2) is 0 Å². The van der Waals surface area contributed by atoms with E-state index in [0.29, 0.717) is 19.5 Å². The second-order valence-corrected chi connectivity index (χ2v) is 4.92. The zero-order chi connectivity index (χ0) is 13.5. The minimum absolute atomic E-state index is 0.132. The summed E-state index contributed by atoms with van der Waals surface area (Å²) < 4.78 is 0. The molecule has 3 nitrogen and oxygen atoms in total. The van der Waals surface area contributed by atoms with Crippen molar-refractivity contribution in [1.29, 1.82) is 5.26 Å². The quantitative estimate of drug-likeness (QED) is 0.768. The Balaban J connectivity index is 2.75. The molecule has 1 unspecified atom stereocenters. The van der Waals surface area contributed by atoms with Gasteiger partial charge in [0.1, 0.15) is 5.38 Å². The lowest BCUT2D eigenvalue weighted by Gasteiger charge is -2.23. The predicted octanol–water partition coefficient (Wildman–Crippen LogP) is 2.86. The number of hydrogen-bond acceptors (Lipinski definition) is 2. The summed E-state index contributed by atoms with van der Waals surface area (Å²) in [7, 11) is 0. The Bertz CT molecular complexity index is 434. The highest BCUT2D eigenvalue weighted by molar-refractivity contribution is 6.30. The minimum Gasteiger partial charge on any atom is -0.336 e. The third kappa shape index (κ3) is 4.38. The van der Waals surface area contributed by atoms with Gasteiger partial charge in [-0.2, -0.15) is 5.26 Å². The monoisotopic (exact) mass is 264 g/mol.